The summed E-state index contributed by atoms with van der Waals surface area (Å²) in [5.41, 5.74) is 0. The van der Waals surface area contributed by atoms with E-state index in [-0.39, 0.29) is 12.5 Å². The zero-order valence-corrected chi connectivity index (χ0v) is 11.5. The van der Waals surface area contributed by atoms with Crippen molar-refractivity contribution in [2.24, 2.45) is 5.92 Å². The Bertz CT molecular complexity index is 330. The Kier molecular flexibility index (Phi) is 5.71. The van der Waals surface area contributed by atoms with Crippen molar-refractivity contribution in [2.75, 3.05) is 13.7 Å². The molecular weight excluding hydrogens is 256 g/mol. The van der Waals surface area contributed by atoms with E-state index in [1.807, 2.05) is 0 Å². The van der Waals surface area contributed by atoms with Gasteiger partial charge in [0, 0.05) is 26.9 Å². The maximum absolute atomic E-state index is 11.1. The Morgan fingerprint density at radius 1 is 1.26 bits per heavy atom. The van der Waals surface area contributed by atoms with Crippen molar-refractivity contribution in [3.05, 3.63) is 0 Å². The number of carbonyl (C=O) groups is 2. The third-order valence-electron chi connectivity index (χ3n) is 3.01. The molecule has 0 spiro atoms. The van der Waals surface area contributed by atoms with Gasteiger partial charge >= 0.3 is 11.9 Å². The maximum Gasteiger partial charge on any atom is 0.303 e. The maximum atomic E-state index is 11.1. The lowest BCUT2D eigenvalue weighted by Crippen LogP contribution is -2.56. The summed E-state index contributed by atoms with van der Waals surface area (Å²) in [6, 6.07) is 0. The quantitative estimate of drug-likeness (QED) is 0.714. The molecular formula is C12H20O7. The summed E-state index contributed by atoms with van der Waals surface area (Å²) >= 11 is 0. The molecule has 5 atom stereocenters. The molecule has 0 aromatic rings. The van der Waals surface area contributed by atoms with Gasteiger partial charge < -0.3 is 24.1 Å². The van der Waals surface area contributed by atoms with Crippen LogP contribution in [0.3, 0.4) is 0 Å². The lowest BCUT2D eigenvalue weighted by molar-refractivity contribution is -0.284. The molecule has 1 aliphatic heterocycles. The number of carbonyl (C=O) groups excluding carboxylic acids is 2. The number of aliphatic hydroxyl groups excluding tert-OH is 1. The molecule has 110 valence electrons. The third-order valence-corrected chi connectivity index (χ3v) is 3.01. The van der Waals surface area contributed by atoms with Crippen LogP contribution in [0.25, 0.3) is 0 Å². The van der Waals surface area contributed by atoms with Gasteiger partial charge in [-0.25, -0.2) is 0 Å². The summed E-state index contributed by atoms with van der Waals surface area (Å²) in [4.78, 5) is 21.9. The molecule has 1 heterocycles. The van der Waals surface area contributed by atoms with Crippen LogP contribution in [0.1, 0.15) is 20.8 Å². The number of esters is 2. The van der Waals surface area contributed by atoms with Crippen LogP contribution in [-0.2, 0) is 28.5 Å². The van der Waals surface area contributed by atoms with Crippen molar-refractivity contribution < 1.29 is 33.6 Å². The normalized spacial score (nSPS) is 34.7. The molecule has 0 bridgehead atoms. The van der Waals surface area contributed by atoms with Gasteiger partial charge in [0.25, 0.3) is 0 Å². The number of rotatable bonds is 4. The topological polar surface area (TPSA) is 91.3 Å². The fourth-order valence-electron chi connectivity index (χ4n) is 2.01. The monoisotopic (exact) mass is 276 g/mol. The Morgan fingerprint density at radius 2 is 1.89 bits per heavy atom. The highest BCUT2D eigenvalue weighted by atomic mass is 16.7. The first kappa shape index (κ1) is 15.9. The minimum Gasteiger partial charge on any atom is -0.463 e. The lowest BCUT2D eigenvalue weighted by atomic mass is 9.90. The molecule has 0 aromatic carbocycles. The Labute approximate surface area is 111 Å². The highest BCUT2D eigenvalue weighted by molar-refractivity contribution is 5.66. The molecule has 7 nitrogen and oxygen atoms in total. The zero-order chi connectivity index (χ0) is 14.6. The summed E-state index contributed by atoms with van der Waals surface area (Å²) in [6.07, 6.45) is -3.29. The molecule has 0 amide bonds. The van der Waals surface area contributed by atoms with E-state index in [1.54, 1.807) is 6.92 Å². The van der Waals surface area contributed by atoms with E-state index >= 15 is 0 Å². The Hall–Kier alpha value is -1.18. The first-order valence-corrected chi connectivity index (χ1v) is 6.03. The van der Waals surface area contributed by atoms with Gasteiger partial charge in [0.1, 0.15) is 24.9 Å². The lowest BCUT2D eigenvalue weighted by Gasteiger charge is -2.42. The van der Waals surface area contributed by atoms with Crippen molar-refractivity contribution in [1.82, 2.24) is 0 Å². The van der Waals surface area contributed by atoms with Gasteiger partial charge in [-0.3, -0.25) is 9.59 Å². The van der Waals surface area contributed by atoms with Crippen molar-refractivity contribution in [1.29, 1.82) is 0 Å². The highest BCUT2D eigenvalue weighted by Crippen LogP contribution is 2.29. The molecule has 7 heteroatoms. The average molecular weight is 276 g/mol. The first-order valence-electron chi connectivity index (χ1n) is 6.03. The molecule has 1 rings (SSSR count). The van der Waals surface area contributed by atoms with Crippen LogP contribution in [0.4, 0.5) is 0 Å². The molecule has 1 saturated heterocycles. The van der Waals surface area contributed by atoms with Gasteiger partial charge in [-0.2, -0.15) is 0 Å². The fraction of sp³-hybridized carbons (Fsp3) is 0.833. The van der Waals surface area contributed by atoms with Crippen molar-refractivity contribution >= 4 is 11.9 Å². The molecule has 2 unspecified atom stereocenters. The second-order valence-electron chi connectivity index (χ2n) is 4.50. The van der Waals surface area contributed by atoms with Crippen LogP contribution in [-0.4, -0.2) is 55.4 Å². The molecule has 0 aliphatic carbocycles. The van der Waals surface area contributed by atoms with Crippen LogP contribution in [0, 0.1) is 5.92 Å². The van der Waals surface area contributed by atoms with Gasteiger partial charge in [0.15, 0.2) is 6.29 Å². The standard InChI is InChI=1S/C12H20O7/c1-6-9(5-17-7(2)13)19-12(16-4)10(15)11(6)18-8(3)14/h6,9-12,15H,5H2,1-4H3/t6-,9?,10?,11-,12+/m0/s1. The molecule has 1 N–H and O–H groups in total. The largest absolute Gasteiger partial charge is 0.463 e. The minimum absolute atomic E-state index is 0.0147. The number of ether oxygens (including phenoxy) is 4. The van der Waals surface area contributed by atoms with E-state index in [2.05, 4.69) is 0 Å². The third kappa shape index (κ3) is 4.15. The van der Waals surface area contributed by atoms with Gasteiger partial charge in [-0.15, -0.1) is 0 Å². The Balaban J connectivity index is 2.77. The van der Waals surface area contributed by atoms with Crippen molar-refractivity contribution in [3.63, 3.8) is 0 Å². The van der Waals surface area contributed by atoms with Crippen LogP contribution >= 0.6 is 0 Å². The first-order chi connectivity index (χ1) is 8.86. The van der Waals surface area contributed by atoms with Gasteiger partial charge in [-0.1, -0.05) is 6.92 Å². The molecule has 1 aliphatic rings. The van der Waals surface area contributed by atoms with E-state index in [0.717, 1.165) is 0 Å². The molecule has 19 heavy (non-hydrogen) atoms. The number of hydrogen-bond acceptors (Lipinski definition) is 7. The second kappa shape index (κ2) is 6.83. The van der Waals surface area contributed by atoms with Gasteiger partial charge in [0.05, 0.1) is 0 Å². The SMILES string of the molecule is CO[C@@H]1OC(COC(C)=O)[C@H](C)[C@H](OC(C)=O)C1O. The van der Waals surface area contributed by atoms with Gasteiger partial charge in [0.2, 0.25) is 0 Å². The number of methoxy groups -OCH3 is 1. The highest BCUT2D eigenvalue weighted by Gasteiger charge is 2.45. The summed E-state index contributed by atoms with van der Waals surface area (Å²) in [5.74, 6) is -1.26. The van der Waals surface area contributed by atoms with E-state index in [0.29, 0.717) is 0 Å². The fourth-order valence-corrected chi connectivity index (χ4v) is 2.01. The Morgan fingerprint density at radius 3 is 2.37 bits per heavy atom. The molecule has 0 radical (unpaired) electrons. The number of aliphatic hydroxyl groups is 1. The van der Waals surface area contributed by atoms with Crippen molar-refractivity contribution in [2.45, 2.75) is 45.4 Å². The van der Waals surface area contributed by atoms with E-state index in [9.17, 15) is 14.7 Å². The second-order valence-corrected chi connectivity index (χ2v) is 4.50. The summed E-state index contributed by atoms with van der Waals surface area (Å²) < 4.78 is 20.5. The average Bonchev–Trinajstić information content (AvgIpc) is 2.33. The van der Waals surface area contributed by atoms with Crippen LogP contribution in [0.15, 0.2) is 0 Å². The van der Waals surface area contributed by atoms with Gasteiger partial charge in [-0.05, 0) is 0 Å². The summed E-state index contributed by atoms with van der Waals surface area (Å²) in [6.45, 7) is 4.31. The smallest absolute Gasteiger partial charge is 0.303 e. The van der Waals surface area contributed by atoms with Crippen LogP contribution in [0.2, 0.25) is 0 Å². The number of hydrogen-bond donors (Lipinski definition) is 1. The molecule has 0 saturated carbocycles. The predicted octanol–water partition coefficient (Wildman–Crippen LogP) is -0.151. The predicted molar refractivity (Wildman–Crippen MR) is 63.0 cm³/mol. The zero-order valence-electron chi connectivity index (χ0n) is 11.5. The summed E-state index contributed by atoms with van der Waals surface area (Å²) in [7, 11) is 1.37. The van der Waals surface area contributed by atoms with Crippen LogP contribution < -0.4 is 0 Å². The van der Waals surface area contributed by atoms with Crippen LogP contribution in [0.5, 0.6) is 0 Å². The van der Waals surface area contributed by atoms with Crippen molar-refractivity contribution in [3.8, 4) is 0 Å². The molecule has 0 aromatic heterocycles. The van der Waals surface area contributed by atoms with E-state index in [4.69, 9.17) is 18.9 Å². The van der Waals surface area contributed by atoms with E-state index < -0.39 is 36.5 Å². The van der Waals surface area contributed by atoms with E-state index in [1.165, 1.54) is 21.0 Å². The summed E-state index contributed by atoms with van der Waals surface area (Å²) in [5, 5.41) is 10.0. The molecule has 1 fully saturated rings. The minimum atomic E-state index is -1.09.